The van der Waals surface area contributed by atoms with Crippen molar-refractivity contribution in [2.45, 2.75) is 52.3 Å². The average Bonchev–Trinajstić information content (AvgIpc) is 2.97. The van der Waals surface area contributed by atoms with Crippen molar-refractivity contribution in [3.63, 3.8) is 0 Å². The van der Waals surface area contributed by atoms with Gasteiger partial charge in [0.15, 0.2) is 0 Å². The second-order valence-electron chi connectivity index (χ2n) is 5.56. The van der Waals surface area contributed by atoms with Crippen LogP contribution >= 0.6 is 0 Å². The van der Waals surface area contributed by atoms with Gasteiger partial charge in [0.2, 0.25) is 5.91 Å². The Morgan fingerprint density at radius 1 is 1.48 bits per heavy atom. The van der Waals surface area contributed by atoms with Crippen molar-refractivity contribution in [1.82, 2.24) is 10.2 Å². The number of hydrogen-bond acceptors (Lipinski definition) is 4. The van der Waals surface area contributed by atoms with Crippen molar-refractivity contribution in [1.29, 1.82) is 0 Å². The summed E-state index contributed by atoms with van der Waals surface area (Å²) in [6.45, 7) is 7.74. The summed E-state index contributed by atoms with van der Waals surface area (Å²) in [5.41, 5.74) is 0.547. The van der Waals surface area contributed by atoms with E-state index in [9.17, 15) is 14.7 Å². The first-order chi connectivity index (χ1) is 9.81. The van der Waals surface area contributed by atoms with E-state index in [4.69, 9.17) is 4.42 Å². The second kappa shape index (κ2) is 7.83. The van der Waals surface area contributed by atoms with Crippen LogP contribution in [0.5, 0.6) is 0 Å². The Kier molecular flexibility index (Phi) is 6.42. The van der Waals surface area contributed by atoms with Crippen LogP contribution in [0.2, 0.25) is 0 Å². The van der Waals surface area contributed by atoms with Crippen molar-refractivity contribution in [2.75, 3.05) is 6.54 Å². The third-order valence-electron chi connectivity index (χ3n) is 3.07. The summed E-state index contributed by atoms with van der Waals surface area (Å²) in [4.78, 5) is 23.6. The number of rotatable bonds is 2. The van der Waals surface area contributed by atoms with E-state index in [1.165, 1.54) is 19.5 Å². The van der Waals surface area contributed by atoms with Crippen molar-refractivity contribution >= 4 is 11.8 Å². The van der Waals surface area contributed by atoms with Crippen LogP contribution in [0.25, 0.3) is 0 Å². The van der Waals surface area contributed by atoms with Crippen molar-refractivity contribution < 1.29 is 19.1 Å². The van der Waals surface area contributed by atoms with Gasteiger partial charge in [-0.3, -0.25) is 9.59 Å². The highest BCUT2D eigenvalue weighted by Gasteiger charge is 2.31. The van der Waals surface area contributed by atoms with Crippen LogP contribution in [0.4, 0.5) is 0 Å². The van der Waals surface area contributed by atoms with E-state index < -0.39 is 0 Å². The lowest BCUT2D eigenvalue weighted by Gasteiger charge is -2.19. The van der Waals surface area contributed by atoms with Gasteiger partial charge in [-0.05, 0) is 33.3 Å². The summed E-state index contributed by atoms with van der Waals surface area (Å²) in [6, 6.07) is 2.02. The lowest BCUT2D eigenvalue weighted by Crippen LogP contribution is -2.34. The molecule has 0 aromatic carbocycles. The molecular weight excluding hydrogens is 272 g/mol. The number of carbonyl (C=O) groups is 2. The van der Waals surface area contributed by atoms with Crippen molar-refractivity contribution in [3.8, 4) is 0 Å². The van der Waals surface area contributed by atoms with E-state index in [1.807, 2.05) is 20.8 Å². The number of hydrogen-bond donors (Lipinski definition) is 2. The molecule has 2 amide bonds. The van der Waals surface area contributed by atoms with E-state index >= 15 is 0 Å². The number of amides is 2. The van der Waals surface area contributed by atoms with Gasteiger partial charge in [-0.1, -0.05) is 0 Å². The molecule has 1 aliphatic heterocycles. The maximum absolute atomic E-state index is 11.8. The minimum atomic E-state index is -0.388. The highest BCUT2D eigenvalue weighted by molar-refractivity contribution is 5.94. The predicted octanol–water partition coefficient (Wildman–Crippen LogP) is 1.41. The molecule has 0 bridgehead atoms. The molecule has 2 rings (SSSR count). The molecule has 1 aliphatic rings. The zero-order valence-electron chi connectivity index (χ0n) is 13.0. The smallest absolute Gasteiger partial charge is 0.257 e. The molecule has 0 spiro atoms. The second-order valence-corrected chi connectivity index (χ2v) is 5.56. The van der Waals surface area contributed by atoms with Gasteiger partial charge in [0, 0.05) is 25.6 Å². The van der Waals surface area contributed by atoms with E-state index in [0.29, 0.717) is 18.5 Å². The third kappa shape index (κ3) is 5.59. The summed E-state index contributed by atoms with van der Waals surface area (Å²) in [5.74, 6) is -0.0298. The lowest BCUT2D eigenvalue weighted by molar-refractivity contribution is -0.119. The van der Waals surface area contributed by atoms with Gasteiger partial charge in [-0.15, -0.1) is 0 Å². The molecule has 1 saturated heterocycles. The number of furan rings is 1. The summed E-state index contributed by atoms with van der Waals surface area (Å²) in [7, 11) is 0. The van der Waals surface area contributed by atoms with Crippen LogP contribution in [0, 0.1) is 0 Å². The number of aliphatic hydroxyl groups excluding tert-OH is 1. The molecule has 118 valence electrons. The number of nitrogens with one attached hydrogen (secondary N) is 1. The summed E-state index contributed by atoms with van der Waals surface area (Å²) < 4.78 is 4.85. The lowest BCUT2D eigenvalue weighted by atomic mass is 10.2. The quantitative estimate of drug-likeness (QED) is 0.864. The normalized spacial score (nSPS) is 21.0. The van der Waals surface area contributed by atoms with Crippen LogP contribution in [0.15, 0.2) is 23.0 Å². The molecule has 1 aromatic rings. The van der Waals surface area contributed by atoms with E-state index in [2.05, 4.69) is 5.32 Å². The van der Waals surface area contributed by atoms with Gasteiger partial charge in [-0.25, -0.2) is 0 Å². The Bertz CT molecular complexity index is 456. The molecule has 1 fully saturated rings. The van der Waals surface area contributed by atoms with Crippen LogP contribution in [-0.2, 0) is 4.79 Å². The fraction of sp³-hybridized carbons (Fsp3) is 0.600. The fourth-order valence-electron chi connectivity index (χ4n) is 2.24. The van der Waals surface area contributed by atoms with E-state index in [-0.39, 0.29) is 30.0 Å². The molecule has 2 unspecified atom stereocenters. The standard InChI is InChI=1S/C10H13NO3.C5H11NO/c1-7-4-9(12)5-11(7)10(13)8-2-3-14-6-8;1-4(2)6-5(3)7/h2-3,6-7,9,12H,4-5H2,1H3;4H,1-3H3,(H,6,7). The molecule has 2 atom stereocenters. The molecule has 2 N–H and O–H groups in total. The Labute approximate surface area is 125 Å². The zero-order chi connectivity index (χ0) is 16.0. The molecule has 6 heteroatoms. The number of likely N-dealkylation sites (tertiary alicyclic amines) is 1. The molecule has 0 aliphatic carbocycles. The largest absolute Gasteiger partial charge is 0.472 e. The summed E-state index contributed by atoms with van der Waals surface area (Å²) >= 11 is 0. The number of carbonyl (C=O) groups excluding carboxylic acids is 2. The van der Waals surface area contributed by atoms with Crippen LogP contribution in [-0.4, -0.2) is 46.6 Å². The van der Waals surface area contributed by atoms with Crippen LogP contribution in [0.1, 0.15) is 44.5 Å². The first-order valence-electron chi connectivity index (χ1n) is 7.09. The maximum atomic E-state index is 11.8. The van der Waals surface area contributed by atoms with Gasteiger partial charge in [-0.2, -0.15) is 0 Å². The minimum absolute atomic E-state index is 0.0370. The van der Waals surface area contributed by atoms with E-state index in [0.717, 1.165) is 0 Å². The highest BCUT2D eigenvalue weighted by Crippen LogP contribution is 2.20. The van der Waals surface area contributed by atoms with Gasteiger partial charge in [0.1, 0.15) is 6.26 Å². The molecule has 21 heavy (non-hydrogen) atoms. The SMILES string of the molecule is CC(=O)NC(C)C.CC1CC(O)CN1C(=O)c1ccoc1. The van der Waals surface area contributed by atoms with Gasteiger partial charge < -0.3 is 19.7 Å². The first kappa shape index (κ1) is 17.2. The Hall–Kier alpha value is -1.82. The topological polar surface area (TPSA) is 82.8 Å². The Balaban J connectivity index is 0.000000270. The monoisotopic (exact) mass is 296 g/mol. The molecular formula is C15H24N2O4. The Morgan fingerprint density at radius 3 is 2.48 bits per heavy atom. The maximum Gasteiger partial charge on any atom is 0.257 e. The predicted molar refractivity (Wildman–Crippen MR) is 78.8 cm³/mol. The van der Waals surface area contributed by atoms with E-state index in [1.54, 1.807) is 11.0 Å². The number of aliphatic hydroxyl groups is 1. The number of nitrogens with zero attached hydrogens (tertiary/aromatic N) is 1. The fourth-order valence-corrected chi connectivity index (χ4v) is 2.24. The van der Waals surface area contributed by atoms with Crippen molar-refractivity contribution in [2.24, 2.45) is 0 Å². The van der Waals surface area contributed by atoms with Crippen LogP contribution < -0.4 is 5.32 Å². The molecule has 1 aromatic heterocycles. The average molecular weight is 296 g/mol. The third-order valence-corrected chi connectivity index (χ3v) is 3.07. The highest BCUT2D eigenvalue weighted by atomic mass is 16.3. The Morgan fingerprint density at radius 2 is 2.14 bits per heavy atom. The van der Waals surface area contributed by atoms with Gasteiger partial charge in [0.05, 0.1) is 17.9 Å². The summed E-state index contributed by atoms with van der Waals surface area (Å²) in [6.07, 6.45) is 3.18. The van der Waals surface area contributed by atoms with Gasteiger partial charge in [0.25, 0.3) is 5.91 Å². The van der Waals surface area contributed by atoms with Gasteiger partial charge >= 0.3 is 0 Å². The summed E-state index contributed by atoms with van der Waals surface area (Å²) in [5, 5.41) is 12.1. The molecule has 2 heterocycles. The molecule has 0 radical (unpaired) electrons. The minimum Gasteiger partial charge on any atom is -0.472 e. The number of β-amino-alcohol motifs (C(OH)–C–C–N with tert-alkyl or cyclic N) is 1. The zero-order valence-corrected chi connectivity index (χ0v) is 13.0. The molecule has 0 saturated carbocycles. The molecule has 6 nitrogen and oxygen atoms in total. The van der Waals surface area contributed by atoms with Crippen molar-refractivity contribution in [3.05, 3.63) is 24.2 Å². The van der Waals surface area contributed by atoms with Crippen LogP contribution in [0.3, 0.4) is 0 Å². The first-order valence-corrected chi connectivity index (χ1v) is 7.09.